The zero-order chi connectivity index (χ0) is 25.6. The fourth-order valence-electron chi connectivity index (χ4n) is 3.11. The minimum Gasteiger partial charge on any atom is -0.352 e. The van der Waals surface area contributed by atoms with Crippen LogP contribution in [0.1, 0.15) is 21.5 Å². The molecule has 0 saturated heterocycles. The first-order valence-electron chi connectivity index (χ1n) is 10.2. The van der Waals surface area contributed by atoms with Crippen molar-refractivity contribution >= 4 is 33.3 Å². The molecule has 35 heavy (non-hydrogen) atoms. The van der Waals surface area contributed by atoms with Gasteiger partial charge in [0.1, 0.15) is 0 Å². The molecule has 0 atom stereocenters. The molecular formula is C23H22F3N5O3S. The van der Waals surface area contributed by atoms with Crippen LogP contribution in [0, 0.1) is 17.5 Å². The van der Waals surface area contributed by atoms with Crippen LogP contribution in [0.15, 0.2) is 61.3 Å². The van der Waals surface area contributed by atoms with Crippen molar-refractivity contribution in [1.29, 1.82) is 0 Å². The largest absolute Gasteiger partial charge is 0.352 e. The zero-order valence-electron chi connectivity index (χ0n) is 18.5. The third-order valence-corrected chi connectivity index (χ3v) is 5.83. The van der Waals surface area contributed by atoms with Crippen LogP contribution in [-0.2, 0) is 16.6 Å². The molecule has 3 rings (SSSR count). The van der Waals surface area contributed by atoms with Crippen LogP contribution in [0.3, 0.4) is 0 Å². The molecule has 0 saturated carbocycles. The van der Waals surface area contributed by atoms with E-state index in [1.165, 1.54) is 12.1 Å². The van der Waals surface area contributed by atoms with Crippen LogP contribution in [0.2, 0.25) is 0 Å². The molecule has 1 heterocycles. The topological polar surface area (TPSA) is 112 Å². The molecule has 1 aromatic heterocycles. The van der Waals surface area contributed by atoms with Gasteiger partial charge < -0.3 is 10.6 Å². The SMILES string of the molecule is C=CCNC(=O)c1cc(Cc2ccnc(NS(=O)(=O)NC)c2F)c(F)c(F)c1Nc1ccccc1. The Kier molecular flexibility index (Phi) is 8.10. The van der Waals surface area contributed by atoms with E-state index in [1.807, 2.05) is 9.44 Å². The summed E-state index contributed by atoms with van der Waals surface area (Å²) in [5, 5.41) is 5.22. The van der Waals surface area contributed by atoms with Crippen molar-refractivity contribution in [3.63, 3.8) is 0 Å². The van der Waals surface area contributed by atoms with Gasteiger partial charge in [-0.15, -0.1) is 6.58 Å². The number of carbonyl (C=O) groups excluding carboxylic acids is 1. The van der Waals surface area contributed by atoms with Crippen molar-refractivity contribution in [2.45, 2.75) is 6.42 Å². The summed E-state index contributed by atoms with van der Waals surface area (Å²) in [4.78, 5) is 16.4. The van der Waals surface area contributed by atoms with E-state index < -0.39 is 51.5 Å². The van der Waals surface area contributed by atoms with E-state index in [1.54, 1.807) is 30.3 Å². The highest BCUT2D eigenvalue weighted by atomic mass is 32.2. The van der Waals surface area contributed by atoms with Crippen molar-refractivity contribution in [3.8, 4) is 0 Å². The number of carbonyl (C=O) groups is 1. The Morgan fingerprint density at radius 3 is 2.43 bits per heavy atom. The van der Waals surface area contributed by atoms with E-state index in [0.717, 1.165) is 19.3 Å². The second kappa shape index (κ2) is 11.0. The summed E-state index contributed by atoms with van der Waals surface area (Å²) in [5.74, 6) is -5.03. The predicted molar refractivity (Wildman–Crippen MR) is 127 cm³/mol. The maximum Gasteiger partial charge on any atom is 0.300 e. The van der Waals surface area contributed by atoms with Gasteiger partial charge in [0.2, 0.25) is 0 Å². The van der Waals surface area contributed by atoms with Gasteiger partial charge in [0.15, 0.2) is 23.3 Å². The van der Waals surface area contributed by atoms with Gasteiger partial charge in [-0.3, -0.25) is 9.52 Å². The lowest BCUT2D eigenvalue weighted by Crippen LogP contribution is -2.27. The Hall–Kier alpha value is -3.90. The third kappa shape index (κ3) is 6.16. The molecule has 0 aliphatic carbocycles. The van der Waals surface area contributed by atoms with Crippen molar-refractivity contribution in [1.82, 2.24) is 15.0 Å². The average Bonchev–Trinajstić information content (AvgIpc) is 2.85. The van der Waals surface area contributed by atoms with Gasteiger partial charge in [0.05, 0.1) is 11.3 Å². The molecule has 184 valence electrons. The number of nitrogens with zero attached hydrogens (tertiary/aromatic N) is 1. The fourth-order valence-corrected chi connectivity index (χ4v) is 3.61. The summed E-state index contributed by atoms with van der Waals surface area (Å²) in [6, 6.07) is 10.6. The quantitative estimate of drug-likeness (QED) is 0.315. The summed E-state index contributed by atoms with van der Waals surface area (Å²) in [7, 11) is -2.95. The van der Waals surface area contributed by atoms with Gasteiger partial charge in [-0.2, -0.15) is 8.42 Å². The molecule has 0 spiro atoms. The molecule has 1 amide bonds. The predicted octanol–water partition coefficient (Wildman–Crippen LogP) is 3.63. The Labute approximate surface area is 200 Å². The highest BCUT2D eigenvalue weighted by Gasteiger charge is 2.24. The molecule has 3 aromatic rings. The lowest BCUT2D eigenvalue weighted by atomic mass is 9.99. The van der Waals surface area contributed by atoms with E-state index in [9.17, 15) is 17.6 Å². The fraction of sp³-hybridized carbons (Fsp3) is 0.130. The number of halogens is 3. The van der Waals surface area contributed by atoms with Gasteiger partial charge in [-0.05, 0) is 35.4 Å². The first-order chi connectivity index (χ1) is 16.7. The van der Waals surface area contributed by atoms with Gasteiger partial charge in [0, 0.05) is 31.9 Å². The average molecular weight is 506 g/mol. The van der Waals surface area contributed by atoms with E-state index in [4.69, 9.17) is 0 Å². The zero-order valence-corrected chi connectivity index (χ0v) is 19.3. The van der Waals surface area contributed by atoms with Crippen LogP contribution in [-0.4, -0.2) is 32.9 Å². The minimum atomic E-state index is -4.07. The van der Waals surface area contributed by atoms with Gasteiger partial charge >= 0.3 is 0 Å². The van der Waals surface area contributed by atoms with E-state index in [0.29, 0.717) is 5.69 Å². The maximum atomic E-state index is 15.2. The minimum absolute atomic E-state index is 0.0753. The number of aromatic nitrogens is 1. The summed E-state index contributed by atoms with van der Waals surface area (Å²) >= 11 is 0. The normalized spacial score (nSPS) is 11.1. The van der Waals surface area contributed by atoms with Gasteiger partial charge in [-0.1, -0.05) is 24.3 Å². The second-order valence-electron chi connectivity index (χ2n) is 7.20. The Bertz CT molecular complexity index is 1350. The Morgan fingerprint density at radius 1 is 1.06 bits per heavy atom. The standard InChI is InChI=1S/C23H22F3N5O3S/c1-3-10-29-23(32)17-13-15(18(24)20(26)21(17)30-16-7-5-4-6-8-16)12-14-9-11-28-22(19(14)25)31-35(33,34)27-2/h3-9,11,13,27,30H,1,10,12H2,2H3,(H,28,31)(H,29,32). The van der Waals surface area contributed by atoms with Crippen molar-refractivity contribution in [3.05, 3.63) is 95.5 Å². The van der Waals surface area contributed by atoms with E-state index >= 15 is 8.78 Å². The third-order valence-electron chi connectivity index (χ3n) is 4.83. The highest BCUT2D eigenvalue weighted by molar-refractivity contribution is 7.90. The second-order valence-corrected chi connectivity index (χ2v) is 8.81. The molecule has 4 N–H and O–H groups in total. The van der Waals surface area contributed by atoms with E-state index in [2.05, 4.69) is 22.2 Å². The molecule has 0 aliphatic heterocycles. The highest BCUT2D eigenvalue weighted by Crippen LogP contribution is 2.31. The van der Waals surface area contributed by atoms with Crippen molar-refractivity contribution in [2.75, 3.05) is 23.6 Å². The maximum absolute atomic E-state index is 15.2. The van der Waals surface area contributed by atoms with Crippen molar-refractivity contribution < 1.29 is 26.4 Å². The Morgan fingerprint density at radius 2 is 1.77 bits per heavy atom. The van der Waals surface area contributed by atoms with Gasteiger partial charge in [0.25, 0.3) is 16.1 Å². The number of amides is 1. The van der Waals surface area contributed by atoms with Gasteiger partial charge in [-0.25, -0.2) is 22.9 Å². The monoisotopic (exact) mass is 505 g/mol. The number of hydrogen-bond acceptors (Lipinski definition) is 5. The summed E-state index contributed by atoms with van der Waals surface area (Å²) < 4.78 is 72.4. The molecule has 0 fully saturated rings. The van der Waals surface area contributed by atoms with Crippen LogP contribution >= 0.6 is 0 Å². The lowest BCUT2D eigenvalue weighted by Gasteiger charge is -2.17. The number of nitrogens with one attached hydrogen (secondary N) is 4. The summed E-state index contributed by atoms with van der Waals surface area (Å²) in [6.07, 6.45) is 2.05. The van der Waals surface area contributed by atoms with Crippen LogP contribution in [0.25, 0.3) is 0 Å². The Balaban J connectivity index is 2.06. The first kappa shape index (κ1) is 25.7. The molecule has 0 unspecified atom stereocenters. The number of benzene rings is 2. The molecule has 0 aliphatic rings. The van der Waals surface area contributed by atoms with E-state index in [-0.39, 0.29) is 23.2 Å². The molecule has 0 bridgehead atoms. The number of para-hydroxylation sites is 1. The summed E-state index contributed by atoms with van der Waals surface area (Å²) in [6.45, 7) is 3.58. The van der Waals surface area contributed by atoms with Crippen LogP contribution in [0.4, 0.5) is 30.4 Å². The number of pyridine rings is 1. The molecular weight excluding hydrogens is 483 g/mol. The van der Waals surface area contributed by atoms with Crippen LogP contribution in [0.5, 0.6) is 0 Å². The molecule has 8 nitrogen and oxygen atoms in total. The smallest absolute Gasteiger partial charge is 0.300 e. The van der Waals surface area contributed by atoms with Crippen molar-refractivity contribution in [2.24, 2.45) is 0 Å². The number of rotatable bonds is 10. The molecule has 0 radical (unpaired) electrons. The lowest BCUT2D eigenvalue weighted by molar-refractivity contribution is 0.0958. The number of hydrogen-bond donors (Lipinski definition) is 4. The molecule has 12 heteroatoms. The number of anilines is 3. The van der Waals surface area contributed by atoms with Crippen LogP contribution < -0.4 is 20.1 Å². The molecule has 2 aromatic carbocycles. The summed E-state index contributed by atoms with van der Waals surface area (Å²) in [5.41, 5.74) is -0.685. The first-order valence-corrected chi connectivity index (χ1v) is 11.7.